The average Bonchev–Trinajstić information content (AvgIpc) is 3.08. The molecule has 0 aliphatic heterocycles. The van der Waals surface area contributed by atoms with Gasteiger partial charge in [0.1, 0.15) is 0 Å². The highest BCUT2D eigenvalue weighted by Gasteiger charge is 2.30. The molecule has 2 amide bonds. The zero-order valence-corrected chi connectivity index (χ0v) is 13.7. The normalized spacial score (nSPS) is 12.5. The van der Waals surface area contributed by atoms with Crippen LogP contribution in [0.2, 0.25) is 0 Å². The summed E-state index contributed by atoms with van der Waals surface area (Å²) in [5.74, 6) is -2.07. The van der Waals surface area contributed by atoms with Crippen LogP contribution in [0.15, 0.2) is 41.1 Å². The number of carbonyl (C=O) groups excluding carboxylic acids is 2. The van der Waals surface area contributed by atoms with Crippen molar-refractivity contribution in [3.05, 3.63) is 52.2 Å². The molecule has 0 fully saturated rings. The lowest BCUT2D eigenvalue weighted by Gasteiger charge is -2.11. The van der Waals surface area contributed by atoms with Crippen molar-refractivity contribution < 1.29 is 27.9 Å². The van der Waals surface area contributed by atoms with Crippen molar-refractivity contribution in [2.75, 3.05) is 11.9 Å². The van der Waals surface area contributed by atoms with Gasteiger partial charge in [-0.3, -0.25) is 9.59 Å². The molecule has 1 heterocycles. The molecule has 0 saturated heterocycles. The van der Waals surface area contributed by atoms with Crippen LogP contribution in [0.4, 0.5) is 18.9 Å². The van der Waals surface area contributed by atoms with Gasteiger partial charge in [0.05, 0.1) is 11.7 Å². The van der Waals surface area contributed by atoms with Gasteiger partial charge in [-0.15, -0.1) is 0 Å². The third kappa shape index (κ3) is 5.57. The summed E-state index contributed by atoms with van der Waals surface area (Å²) in [4.78, 5) is 23.4. The van der Waals surface area contributed by atoms with E-state index in [-0.39, 0.29) is 18.7 Å². The molecule has 0 saturated carbocycles. The number of hydrogen-bond acceptors (Lipinski definition) is 4. The lowest BCUT2D eigenvalue weighted by atomic mass is 10.1. The lowest BCUT2D eigenvalue weighted by Crippen LogP contribution is -2.36. The van der Waals surface area contributed by atoms with E-state index in [0.717, 1.165) is 18.2 Å². The van der Waals surface area contributed by atoms with Gasteiger partial charge < -0.3 is 15.7 Å². The van der Waals surface area contributed by atoms with E-state index in [1.165, 1.54) is 17.4 Å². The molecule has 0 radical (unpaired) electrons. The molecular formula is C16H15F3N2O3S. The van der Waals surface area contributed by atoms with Crippen LogP contribution in [0, 0.1) is 0 Å². The molecule has 3 N–H and O–H groups in total. The zero-order valence-electron chi connectivity index (χ0n) is 12.8. The van der Waals surface area contributed by atoms with E-state index in [4.69, 9.17) is 0 Å². The molecule has 1 atom stereocenters. The van der Waals surface area contributed by atoms with E-state index in [9.17, 15) is 27.9 Å². The third-order valence-corrected chi connectivity index (χ3v) is 3.99. The molecular weight excluding hydrogens is 357 g/mol. The molecule has 5 nitrogen and oxygen atoms in total. The quantitative estimate of drug-likeness (QED) is 0.706. The van der Waals surface area contributed by atoms with Crippen LogP contribution in [0.25, 0.3) is 0 Å². The Morgan fingerprint density at radius 3 is 2.60 bits per heavy atom. The van der Waals surface area contributed by atoms with E-state index in [0.29, 0.717) is 5.56 Å². The number of anilines is 1. The Kier molecular flexibility index (Phi) is 6.16. The molecule has 1 aromatic carbocycles. The molecule has 0 spiro atoms. The molecule has 2 aromatic rings. The number of nitrogens with one attached hydrogen (secondary N) is 2. The van der Waals surface area contributed by atoms with Gasteiger partial charge in [0.15, 0.2) is 0 Å². The first-order chi connectivity index (χ1) is 11.8. The number of halogens is 3. The van der Waals surface area contributed by atoms with Crippen LogP contribution < -0.4 is 10.6 Å². The van der Waals surface area contributed by atoms with Crippen LogP contribution in [0.3, 0.4) is 0 Å². The van der Waals surface area contributed by atoms with Crippen LogP contribution in [-0.4, -0.2) is 23.5 Å². The molecule has 1 aromatic heterocycles. The number of rotatable bonds is 5. The Balaban J connectivity index is 1.83. The number of carbonyl (C=O) groups is 2. The van der Waals surface area contributed by atoms with E-state index in [2.05, 4.69) is 10.6 Å². The highest BCUT2D eigenvalue weighted by atomic mass is 32.1. The van der Waals surface area contributed by atoms with Crippen molar-refractivity contribution in [3.8, 4) is 0 Å². The average molecular weight is 372 g/mol. The largest absolute Gasteiger partial charge is 0.416 e. The van der Waals surface area contributed by atoms with Crippen molar-refractivity contribution in [1.82, 2.24) is 5.32 Å². The predicted molar refractivity (Wildman–Crippen MR) is 87.0 cm³/mol. The number of alkyl halides is 3. The van der Waals surface area contributed by atoms with Crippen LogP contribution >= 0.6 is 11.3 Å². The lowest BCUT2D eigenvalue weighted by molar-refractivity contribution is -0.137. The first-order valence-corrected chi connectivity index (χ1v) is 8.18. The van der Waals surface area contributed by atoms with Crippen LogP contribution in [0.1, 0.15) is 23.7 Å². The van der Waals surface area contributed by atoms with Crippen LogP contribution in [-0.2, 0) is 15.8 Å². The second-order valence-corrected chi connectivity index (χ2v) is 5.93. The number of thiophene rings is 1. The van der Waals surface area contributed by atoms with Gasteiger partial charge in [0.25, 0.3) is 0 Å². The van der Waals surface area contributed by atoms with Gasteiger partial charge >= 0.3 is 18.0 Å². The number of benzene rings is 1. The number of amides is 2. The Morgan fingerprint density at radius 2 is 1.96 bits per heavy atom. The highest BCUT2D eigenvalue weighted by Crippen LogP contribution is 2.30. The van der Waals surface area contributed by atoms with E-state index >= 15 is 0 Å². The minimum absolute atomic E-state index is 0.0475. The summed E-state index contributed by atoms with van der Waals surface area (Å²) in [5.41, 5.74) is -0.342. The van der Waals surface area contributed by atoms with Gasteiger partial charge in [0, 0.05) is 12.2 Å². The SMILES string of the molecule is O=C(NCCC(O)c1ccsc1)C(=O)Nc1cccc(C(F)(F)F)c1. The van der Waals surface area contributed by atoms with Crippen molar-refractivity contribution in [1.29, 1.82) is 0 Å². The first kappa shape index (κ1) is 18.9. The van der Waals surface area contributed by atoms with Gasteiger partial charge in [-0.1, -0.05) is 6.07 Å². The summed E-state index contributed by atoms with van der Waals surface area (Å²) in [6.45, 7) is 0.0475. The molecule has 25 heavy (non-hydrogen) atoms. The summed E-state index contributed by atoms with van der Waals surface area (Å²) < 4.78 is 37.8. The molecule has 1 unspecified atom stereocenters. The van der Waals surface area contributed by atoms with Gasteiger partial charge in [-0.25, -0.2) is 0 Å². The first-order valence-electron chi connectivity index (χ1n) is 7.24. The Bertz CT molecular complexity index is 732. The van der Waals surface area contributed by atoms with Gasteiger partial charge in [-0.2, -0.15) is 24.5 Å². The Morgan fingerprint density at radius 1 is 1.20 bits per heavy atom. The van der Waals surface area contributed by atoms with Gasteiger partial charge in [0.2, 0.25) is 0 Å². The third-order valence-electron chi connectivity index (χ3n) is 3.29. The van der Waals surface area contributed by atoms with Crippen molar-refractivity contribution in [2.45, 2.75) is 18.7 Å². The monoisotopic (exact) mass is 372 g/mol. The number of aliphatic hydroxyl groups is 1. The van der Waals surface area contributed by atoms with E-state index < -0.39 is 29.7 Å². The molecule has 0 aliphatic rings. The molecule has 9 heteroatoms. The highest BCUT2D eigenvalue weighted by molar-refractivity contribution is 7.07. The van der Waals surface area contributed by atoms with Crippen molar-refractivity contribution >= 4 is 28.8 Å². The standard InChI is InChI=1S/C16H15F3N2O3S/c17-16(18,19)11-2-1-3-12(8-11)21-15(24)14(23)20-6-4-13(22)10-5-7-25-9-10/h1-3,5,7-9,13,22H,4,6H2,(H,20,23)(H,21,24). The minimum Gasteiger partial charge on any atom is -0.388 e. The summed E-state index contributed by atoms with van der Waals surface area (Å²) in [6.07, 6.45) is -5.10. The fourth-order valence-corrected chi connectivity index (χ4v) is 2.70. The molecule has 2 rings (SSSR count). The maximum absolute atomic E-state index is 12.6. The summed E-state index contributed by atoms with van der Waals surface area (Å²) >= 11 is 1.43. The van der Waals surface area contributed by atoms with Gasteiger partial charge in [-0.05, 0) is 47.0 Å². The number of hydrogen-bond donors (Lipinski definition) is 3. The fraction of sp³-hybridized carbons (Fsp3) is 0.250. The molecule has 0 aliphatic carbocycles. The van der Waals surface area contributed by atoms with Crippen molar-refractivity contribution in [2.24, 2.45) is 0 Å². The van der Waals surface area contributed by atoms with Crippen molar-refractivity contribution in [3.63, 3.8) is 0 Å². The second-order valence-electron chi connectivity index (χ2n) is 5.15. The fourth-order valence-electron chi connectivity index (χ4n) is 2.00. The Hall–Kier alpha value is -2.39. The maximum atomic E-state index is 12.6. The smallest absolute Gasteiger partial charge is 0.388 e. The number of aliphatic hydroxyl groups excluding tert-OH is 1. The molecule has 0 bridgehead atoms. The predicted octanol–water partition coefficient (Wildman–Crippen LogP) is 2.95. The second kappa shape index (κ2) is 8.13. The minimum atomic E-state index is -4.54. The van der Waals surface area contributed by atoms with Crippen LogP contribution in [0.5, 0.6) is 0 Å². The van der Waals surface area contributed by atoms with E-state index in [1.54, 1.807) is 16.8 Å². The Labute approximate surface area is 145 Å². The molecule has 134 valence electrons. The summed E-state index contributed by atoms with van der Waals surface area (Å²) in [6, 6.07) is 5.73. The van der Waals surface area contributed by atoms with E-state index in [1.807, 2.05) is 0 Å². The maximum Gasteiger partial charge on any atom is 0.416 e. The summed E-state index contributed by atoms with van der Waals surface area (Å²) in [7, 11) is 0. The topological polar surface area (TPSA) is 78.4 Å². The zero-order chi connectivity index (χ0) is 18.4. The summed E-state index contributed by atoms with van der Waals surface area (Å²) in [5, 5.41) is 17.8.